The van der Waals surface area contributed by atoms with Crippen molar-refractivity contribution in [2.75, 3.05) is 19.6 Å². The average Bonchev–Trinajstić information content (AvgIpc) is 4.20. The van der Waals surface area contributed by atoms with Gasteiger partial charge < -0.3 is 43.6 Å². The Labute approximate surface area is 488 Å². The highest BCUT2D eigenvalue weighted by Crippen LogP contribution is 2.42. The predicted octanol–water partition coefficient (Wildman–Crippen LogP) is 16.0. The molecule has 3 atom stereocenters. The summed E-state index contributed by atoms with van der Waals surface area (Å²) in [6.07, 6.45) is 21.3. The second-order valence-electron chi connectivity index (χ2n) is 24.8. The van der Waals surface area contributed by atoms with E-state index in [-0.39, 0.29) is 24.3 Å². The summed E-state index contributed by atoms with van der Waals surface area (Å²) in [7, 11) is 0. The summed E-state index contributed by atoms with van der Waals surface area (Å²) in [5.41, 5.74) is 12.9. The number of H-pyrrole nitrogens is 4. The fourth-order valence-corrected chi connectivity index (χ4v) is 12.6. The van der Waals surface area contributed by atoms with Crippen LogP contribution < -0.4 is 5.32 Å². The third-order valence-corrected chi connectivity index (χ3v) is 16.7. The lowest BCUT2D eigenvalue weighted by atomic mass is 9.97. The number of carbonyl (C=O) groups excluding carboxylic acids is 2. The Balaban J connectivity index is 0.000000165. The van der Waals surface area contributed by atoms with Crippen molar-refractivity contribution in [3.05, 3.63) is 146 Å². The van der Waals surface area contributed by atoms with Crippen LogP contribution in [-0.2, 0) is 9.47 Å². The molecule has 0 unspecified atom stereocenters. The lowest BCUT2D eigenvalue weighted by Gasteiger charge is -2.27. The van der Waals surface area contributed by atoms with Gasteiger partial charge in [-0.15, -0.1) is 0 Å². The van der Waals surface area contributed by atoms with Gasteiger partial charge in [0.15, 0.2) is 0 Å². The fraction of sp³-hybridized carbons (Fsp3) is 0.373. The molecule has 14 rings (SSSR count). The van der Waals surface area contributed by atoms with Gasteiger partial charge in [-0.2, -0.15) is 0 Å². The zero-order valence-electron chi connectivity index (χ0n) is 48.7. The number of nitrogens with zero attached hydrogens (tertiary/aromatic N) is 6. The maximum absolute atomic E-state index is 12.9. The zero-order valence-corrected chi connectivity index (χ0v) is 48.7. The van der Waals surface area contributed by atoms with Crippen LogP contribution in [0.1, 0.15) is 153 Å². The standard InChI is InChI=1S/C38H44N6O5.C29H29N5O/c1-37(2,3)48-35(45)43-18-7-9-30(43)33-39-21-28(41-33)24-13-11-23(12-14-24)25-15-16-27(32-26(25)17-20-47-32)29-22-40-34(42-29)31-10-8-19-44(31)36(46)49-38(4,5)6;1-2-5-20(4-1)28-31-17-26(34-28)23-12-11-21(22-13-15-35-27(22)23)18-7-9-19(10-8-18)25-16-32-29(33-25)24-6-3-14-30-24/h11-17,20-22,30-31H,7-10,18-19H2,1-6H3,(H,39,41)(H,40,42);7-13,15-17,20,24,30H,1-6,14H2,(H,31,34)(H,32,33)/t30-,31-;24-/m00/s1. The van der Waals surface area contributed by atoms with Crippen LogP contribution >= 0.6 is 0 Å². The van der Waals surface area contributed by atoms with Crippen molar-refractivity contribution in [3.63, 3.8) is 0 Å². The van der Waals surface area contributed by atoms with Crippen molar-refractivity contribution in [1.82, 2.24) is 55.0 Å². The number of aromatic amines is 4. The van der Waals surface area contributed by atoms with Crippen LogP contribution in [-0.4, -0.2) is 92.7 Å². The number of ether oxygens (including phenoxy) is 2. The first-order valence-corrected chi connectivity index (χ1v) is 29.8. The molecule has 6 aromatic heterocycles. The van der Waals surface area contributed by atoms with Gasteiger partial charge in [0.05, 0.1) is 78.2 Å². The third-order valence-electron chi connectivity index (χ3n) is 16.7. The highest BCUT2D eigenvalue weighted by Gasteiger charge is 2.37. The van der Waals surface area contributed by atoms with E-state index >= 15 is 0 Å². The predicted molar refractivity (Wildman–Crippen MR) is 325 cm³/mol. The van der Waals surface area contributed by atoms with Crippen LogP contribution in [0.2, 0.25) is 0 Å². The molecule has 0 radical (unpaired) electrons. The Morgan fingerprint density at radius 1 is 0.464 bits per heavy atom. The second kappa shape index (κ2) is 22.5. The van der Waals surface area contributed by atoms with Crippen molar-refractivity contribution in [2.45, 2.75) is 141 Å². The number of imidazole rings is 4. The molecule has 2 amide bonds. The minimum Gasteiger partial charge on any atom is -0.464 e. The summed E-state index contributed by atoms with van der Waals surface area (Å²) < 4.78 is 23.3. The topological polar surface area (TPSA) is 212 Å². The minimum absolute atomic E-state index is 0.135. The number of hydrogen-bond acceptors (Lipinski definition) is 11. The molecule has 3 saturated heterocycles. The highest BCUT2D eigenvalue weighted by atomic mass is 16.6. The van der Waals surface area contributed by atoms with Crippen LogP contribution in [0, 0.1) is 0 Å². The normalized spacial score (nSPS) is 18.5. The average molecular weight is 1130 g/mol. The number of hydrogen-bond donors (Lipinski definition) is 5. The molecule has 0 spiro atoms. The SMILES string of the molecule is CC(C)(C)OC(=O)N1CCC[C@H]1c1ncc(-c2ccc(-c3ccc(-c4cnc([C@@H]5CCCN5C(=O)OC(C)(C)C)[nH]4)c4occc34)cc2)[nH]1.c1cc2c(-c3ccc(-c4cnc([C@@H]5CCCN5)[nH]4)cc3)ccc(-c3cnc(C4CCCC4)[nH]3)c2o1. The molecular formula is C67H73N11O6. The summed E-state index contributed by atoms with van der Waals surface area (Å²) in [4.78, 5) is 61.9. The number of fused-ring (bicyclic) bond motifs is 2. The molecule has 17 nitrogen and oxygen atoms in total. The van der Waals surface area contributed by atoms with E-state index in [1.165, 1.54) is 43.2 Å². The van der Waals surface area contributed by atoms with Crippen molar-refractivity contribution in [3.8, 4) is 67.3 Å². The zero-order chi connectivity index (χ0) is 57.7. The molecule has 17 heteroatoms. The quantitative estimate of drug-likeness (QED) is 0.0869. The molecule has 0 bridgehead atoms. The summed E-state index contributed by atoms with van der Waals surface area (Å²) in [6.45, 7) is 13.6. The molecule has 3 aliphatic heterocycles. The Hall–Kier alpha value is -8.70. The Bertz CT molecular complexity index is 3950. The van der Waals surface area contributed by atoms with Crippen LogP contribution in [0.25, 0.3) is 89.2 Å². The fourth-order valence-electron chi connectivity index (χ4n) is 12.6. The first-order chi connectivity index (χ1) is 40.7. The lowest BCUT2D eigenvalue weighted by molar-refractivity contribution is 0.0208. The minimum atomic E-state index is -0.559. The molecule has 1 aliphatic carbocycles. The number of aromatic nitrogens is 8. The van der Waals surface area contributed by atoms with Crippen LogP contribution in [0.15, 0.2) is 131 Å². The summed E-state index contributed by atoms with van der Waals surface area (Å²) in [5, 5.41) is 5.61. The molecule has 4 aliphatic rings. The van der Waals surface area contributed by atoms with Gasteiger partial charge in [0.2, 0.25) is 0 Å². The molecular weight excluding hydrogens is 1050 g/mol. The molecule has 9 heterocycles. The van der Waals surface area contributed by atoms with Crippen LogP contribution in [0.3, 0.4) is 0 Å². The number of benzene rings is 4. The third kappa shape index (κ3) is 11.2. The number of likely N-dealkylation sites (tertiary alicyclic amines) is 2. The molecule has 4 aromatic carbocycles. The number of nitrogens with one attached hydrogen (secondary N) is 5. The number of carbonyl (C=O) groups is 2. The maximum Gasteiger partial charge on any atom is 0.410 e. The summed E-state index contributed by atoms with van der Waals surface area (Å²) in [5.74, 6) is 4.22. The van der Waals surface area contributed by atoms with E-state index in [9.17, 15) is 9.59 Å². The van der Waals surface area contributed by atoms with Crippen molar-refractivity contribution in [2.24, 2.45) is 0 Å². The van der Waals surface area contributed by atoms with E-state index in [1.807, 2.05) is 78.5 Å². The Morgan fingerprint density at radius 2 is 0.881 bits per heavy atom. The van der Waals surface area contributed by atoms with E-state index in [1.54, 1.807) is 22.3 Å². The van der Waals surface area contributed by atoms with Gasteiger partial charge in [-0.3, -0.25) is 9.80 Å². The van der Waals surface area contributed by atoms with Gasteiger partial charge in [0.1, 0.15) is 45.7 Å². The lowest BCUT2D eigenvalue weighted by Crippen LogP contribution is -2.36. The van der Waals surface area contributed by atoms with Crippen molar-refractivity contribution in [1.29, 1.82) is 0 Å². The monoisotopic (exact) mass is 1130 g/mol. The van der Waals surface area contributed by atoms with E-state index < -0.39 is 11.2 Å². The highest BCUT2D eigenvalue weighted by molar-refractivity contribution is 6.02. The first kappa shape index (κ1) is 54.5. The summed E-state index contributed by atoms with van der Waals surface area (Å²) >= 11 is 0. The van der Waals surface area contributed by atoms with E-state index in [0.29, 0.717) is 25.0 Å². The van der Waals surface area contributed by atoms with Crippen molar-refractivity contribution >= 4 is 34.1 Å². The maximum atomic E-state index is 12.9. The van der Waals surface area contributed by atoms with Crippen LogP contribution in [0.4, 0.5) is 9.59 Å². The number of rotatable bonds is 10. The molecule has 84 heavy (non-hydrogen) atoms. The van der Waals surface area contributed by atoms with E-state index in [2.05, 4.69) is 113 Å². The van der Waals surface area contributed by atoms with Gasteiger partial charge in [0, 0.05) is 40.9 Å². The molecule has 4 fully saturated rings. The van der Waals surface area contributed by atoms with E-state index in [0.717, 1.165) is 140 Å². The first-order valence-electron chi connectivity index (χ1n) is 29.8. The molecule has 432 valence electrons. The van der Waals surface area contributed by atoms with Gasteiger partial charge in [-0.25, -0.2) is 29.5 Å². The number of amides is 2. The van der Waals surface area contributed by atoms with E-state index in [4.69, 9.17) is 23.3 Å². The Kier molecular flexibility index (Phi) is 14.6. The molecule has 10 aromatic rings. The summed E-state index contributed by atoms with van der Waals surface area (Å²) in [6, 6.07) is 29.6. The van der Waals surface area contributed by atoms with Gasteiger partial charge >= 0.3 is 12.2 Å². The second-order valence-corrected chi connectivity index (χ2v) is 24.8. The number of furan rings is 2. The smallest absolute Gasteiger partial charge is 0.410 e. The van der Waals surface area contributed by atoms with Crippen molar-refractivity contribution < 1.29 is 27.9 Å². The Morgan fingerprint density at radius 3 is 1.36 bits per heavy atom. The van der Waals surface area contributed by atoms with Gasteiger partial charge in [-0.1, -0.05) is 73.5 Å². The molecule has 1 saturated carbocycles. The van der Waals surface area contributed by atoms with Crippen LogP contribution in [0.5, 0.6) is 0 Å². The largest absolute Gasteiger partial charge is 0.464 e. The molecule has 5 N–H and O–H groups in total. The van der Waals surface area contributed by atoms with Gasteiger partial charge in [-0.05, 0) is 157 Å². The van der Waals surface area contributed by atoms with Gasteiger partial charge in [0.25, 0.3) is 0 Å².